The largest absolute Gasteiger partial charge is 0.573 e. The van der Waals surface area contributed by atoms with Gasteiger partial charge in [-0.15, -0.1) is 13.2 Å². The number of ether oxygens (including phenoxy) is 1. The minimum Gasteiger partial charge on any atom is -0.406 e. The second kappa shape index (κ2) is 7.21. The summed E-state index contributed by atoms with van der Waals surface area (Å²) in [6, 6.07) is 6.09. The Morgan fingerprint density at radius 1 is 1.32 bits per heavy atom. The van der Waals surface area contributed by atoms with Crippen LogP contribution in [0.5, 0.6) is 5.75 Å². The molecule has 2 atom stereocenters. The Morgan fingerprint density at radius 2 is 2.08 bits per heavy atom. The molecule has 1 aliphatic carbocycles. The highest BCUT2D eigenvalue weighted by Gasteiger charge is 2.39. The van der Waals surface area contributed by atoms with Gasteiger partial charge in [0.05, 0.1) is 5.92 Å². The summed E-state index contributed by atoms with van der Waals surface area (Å²) in [5, 5.41) is 12.5. The first kappa shape index (κ1) is 18.0. The lowest BCUT2D eigenvalue weighted by Crippen LogP contribution is -2.37. The average Bonchev–Trinajstić information content (AvgIpc) is 3.23. The number of carbonyl (C=O) groups excluding carboxylic acids is 1. The van der Waals surface area contributed by atoms with Crippen molar-refractivity contribution in [2.75, 3.05) is 19.7 Å². The minimum absolute atomic E-state index is 0.0433. The molecule has 1 heterocycles. The first-order valence-electron chi connectivity index (χ1n) is 8.32. The predicted octanol–water partition coefficient (Wildman–Crippen LogP) is 1.90. The van der Waals surface area contributed by atoms with E-state index in [-0.39, 0.29) is 36.1 Å². The van der Waals surface area contributed by atoms with Crippen LogP contribution in [0.2, 0.25) is 0 Å². The molecule has 2 N–H and O–H groups in total. The fraction of sp³-hybridized carbons (Fsp3) is 0.588. The number of nitrogens with one attached hydrogen (secondary N) is 1. The molecule has 0 radical (unpaired) electrons. The van der Waals surface area contributed by atoms with Crippen LogP contribution in [0, 0.1) is 11.8 Å². The maximum Gasteiger partial charge on any atom is 0.573 e. The van der Waals surface area contributed by atoms with Crippen molar-refractivity contribution >= 4 is 5.91 Å². The van der Waals surface area contributed by atoms with E-state index < -0.39 is 6.36 Å². The highest BCUT2D eigenvalue weighted by atomic mass is 19.4. The molecule has 1 aromatic rings. The first-order valence-corrected chi connectivity index (χ1v) is 8.32. The summed E-state index contributed by atoms with van der Waals surface area (Å²) >= 11 is 0. The Kier molecular flexibility index (Phi) is 5.19. The number of hydrogen-bond donors (Lipinski definition) is 2. The van der Waals surface area contributed by atoms with Gasteiger partial charge in [0, 0.05) is 38.2 Å². The normalized spacial score (nSPS) is 24.3. The quantitative estimate of drug-likeness (QED) is 0.816. The van der Waals surface area contributed by atoms with Crippen LogP contribution >= 0.6 is 0 Å². The SMILES string of the molecule is O=C(NC1CC1)C1CN(Cc2cccc(OC(F)(F)F)c2)CC1CO. The minimum atomic E-state index is -4.72. The fourth-order valence-corrected chi connectivity index (χ4v) is 3.21. The second-order valence-corrected chi connectivity index (χ2v) is 6.72. The molecule has 0 spiro atoms. The highest BCUT2D eigenvalue weighted by Crippen LogP contribution is 2.28. The van der Waals surface area contributed by atoms with Gasteiger partial charge in [-0.2, -0.15) is 0 Å². The summed E-state index contributed by atoms with van der Waals surface area (Å²) in [6.45, 7) is 1.33. The van der Waals surface area contributed by atoms with Gasteiger partial charge in [0.25, 0.3) is 0 Å². The van der Waals surface area contributed by atoms with Gasteiger partial charge in [-0.25, -0.2) is 0 Å². The van der Waals surface area contributed by atoms with Gasteiger partial charge < -0.3 is 15.2 Å². The van der Waals surface area contributed by atoms with E-state index in [4.69, 9.17) is 0 Å². The van der Waals surface area contributed by atoms with Gasteiger partial charge in [-0.3, -0.25) is 9.69 Å². The van der Waals surface area contributed by atoms with Gasteiger partial charge >= 0.3 is 6.36 Å². The summed E-state index contributed by atoms with van der Waals surface area (Å²) in [7, 11) is 0. The van der Waals surface area contributed by atoms with E-state index in [1.807, 2.05) is 4.90 Å². The summed E-state index contributed by atoms with van der Waals surface area (Å²) in [5.74, 6) is -0.752. The number of amides is 1. The van der Waals surface area contributed by atoms with Gasteiger partial charge in [-0.05, 0) is 30.5 Å². The van der Waals surface area contributed by atoms with Crippen molar-refractivity contribution in [3.63, 3.8) is 0 Å². The molecule has 2 unspecified atom stereocenters. The van der Waals surface area contributed by atoms with E-state index in [1.165, 1.54) is 18.2 Å². The third kappa shape index (κ3) is 5.09. The third-order valence-corrected chi connectivity index (χ3v) is 4.55. The number of likely N-dealkylation sites (tertiary alicyclic amines) is 1. The summed E-state index contributed by atoms with van der Waals surface area (Å²) in [5.41, 5.74) is 0.668. The molecular weight excluding hydrogens is 337 g/mol. The van der Waals surface area contributed by atoms with Crippen molar-refractivity contribution < 1.29 is 27.8 Å². The molecule has 1 aromatic carbocycles. The number of alkyl halides is 3. The number of rotatable bonds is 6. The van der Waals surface area contributed by atoms with E-state index in [0.717, 1.165) is 12.8 Å². The zero-order chi connectivity index (χ0) is 18.0. The Hall–Kier alpha value is -1.80. The van der Waals surface area contributed by atoms with Crippen LogP contribution in [0.15, 0.2) is 24.3 Å². The molecule has 0 aromatic heterocycles. The third-order valence-electron chi connectivity index (χ3n) is 4.55. The molecule has 0 bridgehead atoms. The van der Waals surface area contributed by atoms with Crippen LogP contribution in [0.1, 0.15) is 18.4 Å². The molecule has 3 rings (SSSR count). The number of benzene rings is 1. The topological polar surface area (TPSA) is 61.8 Å². The van der Waals surface area contributed by atoms with Crippen LogP contribution in [-0.4, -0.2) is 48.0 Å². The smallest absolute Gasteiger partial charge is 0.406 e. The van der Waals surface area contributed by atoms with E-state index in [0.29, 0.717) is 25.2 Å². The van der Waals surface area contributed by atoms with Crippen LogP contribution in [-0.2, 0) is 11.3 Å². The van der Waals surface area contributed by atoms with Crippen molar-refractivity contribution in [3.8, 4) is 5.75 Å². The van der Waals surface area contributed by atoms with Gasteiger partial charge in [0.15, 0.2) is 0 Å². The fourth-order valence-electron chi connectivity index (χ4n) is 3.21. The van der Waals surface area contributed by atoms with Crippen molar-refractivity contribution in [1.29, 1.82) is 0 Å². The molecule has 2 aliphatic rings. The maximum atomic E-state index is 12.3. The summed E-state index contributed by atoms with van der Waals surface area (Å²) < 4.78 is 40.9. The van der Waals surface area contributed by atoms with Crippen molar-refractivity contribution in [3.05, 3.63) is 29.8 Å². The molecule has 5 nitrogen and oxygen atoms in total. The highest BCUT2D eigenvalue weighted by molar-refractivity contribution is 5.80. The molecule has 138 valence electrons. The van der Waals surface area contributed by atoms with Crippen molar-refractivity contribution in [2.24, 2.45) is 11.8 Å². The molecule has 1 saturated heterocycles. The van der Waals surface area contributed by atoms with Crippen LogP contribution in [0.4, 0.5) is 13.2 Å². The number of halogens is 3. The maximum absolute atomic E-state index is 12.3. The van der Waals surface area contributed by atoms with Gasteiger partial charge in [0.1, 0.15) is 5.75 Å². The predicted molar refractivity (Wildman–Crippen MR) is 83.6 cm³/mol. The lowest BCUT2D eigenvalue weighted by Gasteiger charge is -2.17. The molecular formula is C17H21F3N2O3. The molecule has 25 heavy (non-hydrogen) atoms. The van der Waals surface area contributed by atoms with Crippen LogP contribution in [0.25, 0.3) is 0 Å². The Bertz CT molecular complexity index is 619. The number of aliphatic hydroxyl groups is 1. The average molecular weight is 358 g/mol. The zero-order valence-corrected chi connectivity index (χ0v) is 13.6. The second-order valence-electron chi connectivity index (χ2n) is 6.72. The number of hydrogen-bond acceptors (Lipinski definition) is 4. The Labute approximate surface area is 143 Å². The van der Waals surface area contributed by atoms with Gasteiger partial charge in [0.2, 0.25) is 5.91 Å². The Balaban J connectivity index is 1.61. The molecule has 1 aliphatic heterocycles. The monoisotopic (exact) mass is 358 g/mol. The number of carbonyl (C=O) groups is 1. The number of aliphatic hydroxyl groups excluding tert-OH is 1. The van der Waals surface area contributed by atoms with E-state index >= 15 is 0 Å². The molecule has 1 amide bonds. The number of nitrogens with zero attached hydrogens (tertiary/aromatic N) is 1. The lowest BCUT2D eigenvalue weighted by molar-refractivity contribution is -0.274. The summed E-state index contributed by atoms with van der Waals surface area (Å²) in [6.07, 6.45) is -2.73. The molecule has 2 fully saturated rings. The van der Waals surface area contributed by atoms with Crippen molar-refractivity contribution in [2.45, 2.75) is 31.8 Å². The Morgan fingerprint density at radius 3 is 2.72 bits per heavy atom. The van der Waals surface area contributed by atoms with Crippen LogP contribution < -0.4 is 10.1 Å². The van der Waals surface area contributed by atoms with E-state index in [1.54, 1.807) is 6.07 Å². The molecule has 8 heteroatoms. The summed E-state index contributed by atoms with van der Waals surface area (Å²) in [4.78, 5) is 14.3. The zero-order valence-electron chi connectivity index (χ0n) is 13.6. The van der Waals surface area contributed by atoms with Gasteiger partial charge in [-0.1, -0.05) is 12.1 Å². The van der Waals surface area contributed by atoms with E-state index in [2.05, 4.69) is 10.1 Å². The lowest BCUT2D eigenvalue weighted by atomic mass is 9.96. The first-order chi connectivity index (χ1) is 11.8. The van der Waals surface area contributed by atoms with Crippen molar-refractivity contribution in [1.82, 2.24) is 10.2 Å². The van der Waals surface area contributed by atoms with Crippen LogP contribution in [0.3, 0.4) is 0 Å². The standard InChI is InChI=1S/C17H21F3N2O3/c18-17(19,20)25-14-3-1-2-11(6-14)7-22-8-12(10-23)15(9-22)16(24)21-13-4-5-13/h1-3,6,12-13,15,23H,4-5,7-10H2,(H,21,24). The van der Waals surface area contributed by atoms with E-state index in [9.17, 15) is 23.1 Å². The molecule has 1 saturated carbocycles.